The van der Waals surface area contributed by atoms with Gasteiger partial charge in [0, 0.05) is 23.7 Å². The molecule has 0 bridgehead atoms. The second-order valence-electron chi connectivity index (χ2n) is 8.41. The minimum absolute atomic E-state index is 0.0854. The number of rotatable bonds is 8. The molecule has 4 rings (SSSR count). The number of allylic oxidation sites excluding steroid dienone is 1. The molecule has 2 heterocycles. The minimum Gasteiger partial charge on any atom is -0.492 e. The maximum Gasteiger partial charge on any atom is 0.339 e. The van der Waals surface area contributed by atoms with Gasteiger partial charge in [0.2, 0.25) is 0 Å². The molecule has 8 nitrogen and oxygen atoms in total. The molecule has 1 aliphatic heterocycles. The van der Waals surface area contributed by atoms with Crippen molar-refractivity contribution >= 4 is 28.6 Å². The van der Waals surface area contributed by atoms with Crippen molar-refractivity contribution in [3.05, 3.63) is 87.9 Å². The zero-order valence-electron chi connectivity index (χ0n) is 20.4. The van der Waals surface area contributed by atoms with Gasteiger partial charge in [0.25, 0.3) is 0 Å². The van der Waals surface area contributed by atoms with Crippen molar-refractivity contribution in [3.63, 3.8) is 0 Å². The Balaban J connectivity index is 1.46. The van der Waals surface area contributed by atoms with Crippen molar-refractivity contribution < 1.29 is 28.2 Å². The predicted molar refractivity (Wildman–Crippen MR) is 134 cm³/mol. The average molecular weight is 490 g/mol. The SMILES string of the molecule is COC(=O)C1C(C)=NC(C)=C(C(=O)OCCCOc2cc(=O)oc3ccccc23)C1c1ccccc1. The largest absolute Gasteiger partial charge is 0.492 e. The maximum atomic E-state index is 13.2. The Morgan fingerprint density at radius 1 is 1.00 bits per heavy atom. The molecule has 0 radical (unpaired) electrons. The van der Waals surface area contributed by atoms with E-state index >= 15 is 0 Å². The summed E-state index contributed by atoms with van der Waals surface area (Å²) in [5, 5.41) is 0.685. The second kappa shape index (κ2) is 11.0. The number of aliphatic imine (C=N–C) groups is 1. The summed E-state index contributed by atoms with van der Waals surface area (Å²) in [5.41, 5.74) is 2.15. The summed E-state index contributed by atoms with van der Waals surface area (Å²) in [6.45, 7) is 3.80. The van der Waals surface area contributed by atoms with E-state index < -0.39 is 29.4 Å². The molecule has 1 aliphatic rings. The number of hydrogen-bond donors (Lipinski definition) is 0. The van der Waals surface area contributed by atoms with Crippen LogP contribution in [0.15, 0.2) is 86.1 Å². The maximum absolute atomic E-state index is 13.2. The third-order valence-corrected chi connectivity index (χ3v) is 6.05. The molecule has 0 N–H and O–H groups in total. The highest BCUT2D eigenvalue weighted by atomic mass is 16.5. The summed E-state index contributed by atoms with van der Waals surface area (Å²) < 4.78 is 21.5. The Labute approximate surface area is 208 Å². The van der Waals surface area contributed by atoms with E-state index in [0.29, 0.717) is 40.1 Å². The molecule has 8 heteroatoms. The van der Waals surface area contributed by atoms with Gasteiger partial charge >= 0.3 is 17.6 Å². The number of esters is 2. The van der Waals surface area contributed by atoms with Crippen molar-refractivity contribution in [2.75, 3.05) is 20.3 Å². The Morgan fingerprint density at radius 3 is 2.47 bits per heavy atom. The van der Waals surface area contributed by atoms with Crippen LogP contribution in [0.5, 0.6) is 5.75 Å². The monoisotopic (exact) mass is 489 g/mol. The van der Waals surface area contributed by atoms with Gasteiger partial charge in [-0.1, -0.05) is 42.5 Å². The van der Waals surface area contributed by atoms with Crippen LogP contribution in [0.4, 0.5) is 0 Å². The van der Waals surface area contributed by atoms with E-state index in [2.05, 4.69) is 4.99 Å². The van der Waals surface area contributed by atoms with E-state index in [1.165, 1.54) is 13.2 Å². The number of hydrogen-bond acceptors (Lipinski definition) is 8. The van der Waals surface area contributed by atoms with Crippen molar-refractivity contribution in [1.29, 1.82) is 0 Å². The van der Waals surface area contributed by atoms with Crippen molar-refractivity contribution in [2.45, 2.75) is 26.2 Å². The minimum atomic E-state index is -0.731. The quantitative estimate of drug-likeness (QED) is 0.262. The normalized spacial score (nSPS) is 17.5. The Morgan fingerprint density at radius 2 is 1.72 bits per heavy atom. The molecule has 2 unspecified atom stereocenters. The third-order valence-electron chi connectivity index (χ3n) is 6.05. The number of para-hydroxylation sites is 1. The van der Waals surface area contributed by atoms with Gasteiger partial charge in [-0.3, -0.25) is 9.79 Å². The van der Waals surface area contributed by atoms with E-state index in [4.69, 9.17) is 18.6 Å². The van der Waals surface area contributed by atoms with Crippen molar-refractivity contribution in [1.82, 2.24) is 0 Å². The second-order valence-corrected chi connectivity index (χ2v) is 8.41. The fraction of sp³-hybridized carbons (Fsp3) is 0.286. The number of nitrogens with zero attached hydrogens (tertiary/aromatic N) is 1. The number of ether oxygens (including phenoxy) is 3. The van der Waals surface area contributed by atoms with E-state index in [1.54, 1.807) is 32.0 Å². The first-order chi connectivity index (χ1) is 17.4. The van der Waals surface area contributed by atoms with E-state index in [1.807, 2.05) is 36.4 Å². The van der Waals surface area contributed by atoms with Gasteiger partial charge in [-0.15, -0.1) is 0 Å². The molecule has 0 saturated heterocycles. The van der Waals surface area contributed by atoms with Gasteiger partial charge in [0.1, 0.15) is 17.3 Å². The van der Waals surface area contributed by atoms with Gasteiger partial charge in [-0.25, -0.2) is 9.59 Å². The van der Waals surface area contributed by atoms with Crippen LogP contribution in [-0.2, 0) is 19.1 Å². The molecule has 186 valence electrons. The first kappa shape index (κ1) is 24.9. The highest BCUT2D eigenvalue weighted by molar-refractivity contribution is 6.07. The highest BCUT2D eigenvalue weighted by Gasteiger charge is 2.42. The van der Waals surface area contributed by atoms with Crippen LogP contribution in [0.25, 0.3) is 11.0 Å². The molecular weight excluding hydrogens is 462 g/mol. The molecule has 1 aromatic heterocycles. The first-order valence-corrected chi connectivity index (χ1v) is 11.6. The van der Waals surface area contributed by atoms with E-state index in [9.17, 15) is 14.4 Å². The molecule has 2 atom stereocenters. The van der Waals surface area contributed by atoms with Crippen LogP contribution in [-0.4, -0.2) is 38.0 Å². The van der Waals surface area contributed by atoms with E-state index in [-0.39, 0.29) is 13.2 Å². The Bertz CT molecular complexity index is 1390. The summed E-state index contributed by atoms with van der Waals surface area (Å²) in [6, 6.07) is 17.7. The van der Waals surface area contributed by atoms with Crippen molar-refractivity contribution in [3.8, 4) is 5.75 Å². The van der Waals surface area contributed by atoms with Crippen molar-refractivity contribution in [2.24, 2.45) is 10.9 Å². The number of benzene rings is 2. The van der Waals surface area contributed by atoms with Crippen LogP contribution < -0.4 is 10.4 Å². The van der Waals surface area contributed by atoms with Crippen LogP contribution in [0.3, 0.4) is 0 Å². The Hall–Kier alpha value is -4.20. The number of carbonyl (C=O) groups excluding carboxylic acids is 2. The molecule has 0 fully saturated rings. The summed E-state index contributed by atoms with van der Waals surface area (Å²) in [4.78, 5) is 42.1. The summed E-state index contributed by atoms with van der Waals surface area (Å²) >= 11 is 0. The third kappa shape index (κ3) is 5.22. The van der Waals surface area contributed by atoms with Gasteiger partial charge < -0.3 is 18.6 Å². The lowest BCUT2D eigenvalue weighted by molar-refractivity contribution is -0.144. The smallest absolute Gasteiger partial charge is 0.339 e. The van der Waals surface area contributed by atoms with Gasteiger partial charge in [0.05, 0.1) is 37.3 Å². The summed E-state index contributed by atoms with van der Waals surface area (Å²) in [5.74, 6) is -1.90. The summed E-state index contributed by atoms with van der Waals surface area (Å²) in [7, 11) is 1.32. The highest BCUT2D eigenvalue weighted by Crippen LogP contribution is 2.40. The molecular formula is C28H27NO7. The van der Waals surface area contributed by atoms with Crippen LogP contribution in [0.1, 0.15) is 31.7 Å². The topological polar surface area (TPSA) is 104 Å². The van der Waals surface area contributed by atoms with Crippen LogP contribution in [0, 0.1) is 5.92 Å². The predicted octanol–water partition coefficient (Wildman–Crippen LogP) is 4.43. The van der Waals surface area contributed by atoms with E-state index in [0.717, 1.165) is 5.56 Å². The lowest BCUT2D eigenvalue weighted by Crippen LogP contribution is -2.36. The zero-order valence-corrected chi connectivity index (χ0v) is 20.4. The lowest BCUT2D eigenvalue weighted by Gasteiger charge is -2.31. The molecule has 0 amide bonds. The number of carbonyl (C=O) groups is 2. The molecule has 0 aliphatic carbocycles. The standard InChI is InChI=1S/C28H27NO7/c1-17-24(27(31)33-3)26(19-10-5-4-6-11-19)25(18(2)29-17)28(32)35-15-9-14-34-22-16-23(30)36-21-13-8-7-12-20(21)22/h4-8,10-13,16,24,26H,9,14-15H2,1-3H3. The average Bonchev–Trinajstić information content (AvgIpc) is 2.87. The van der Waals surface area contributed by atoms with Gasteiger partial charge in [0.15, 0.2) is 0 Å². The molecule has 0 spiro atoms. The van der Waals surface area contributed by atoms with Crippen LogP contribution in [0.2, 0.25) is 0 Å². The molecule has 3 aromatic rings. The Kier molecular flexibility index (Phi) is 7.63. The number of fused-ring (bicyclic) bond motifs is 1. The van der Waals surface area contributed by atoms with Gasteiger partial charge in [-0.2, -0.15) is 0 Å². The van der Waals surface area contributed by atoms with Crippen LogP contribution >= 0.6 is 0 Å². The van der Waals surface area contributed by atoms with Gasteiger partial charge in [-0.05, 0) is 31.5 Å². The fourth-order valence-corrected chi connectivity index (χ4v) is 4.44. The lowest BCUT2D eigenvalue weighted by atomic mass is 9.75. The first-order valence-electron chi connectivity index (χ1n) is 11.6. The molecule has 2 aromatic carbocycles. The fourth-order valence-electron chi connectivity index (χ4n) is 4.44. The molecule has 36 heavy (non-hydrogen) atoms. The summed E-state index contributed by atoms with van der Waals surface area (Å²) in [6.07, 6.45) is 0.394. The molecule has 0 saturated carbocycles. The zero-order chi connectivity index (χ0) is 25.7. The number of methoxy groups -OCH3 is 1.